The van der Waals surface area contributed by atoms with Crippen LogP contribution in [0.4, 0.5) is 0 Å². The minimum absolute atomic E-state index is 0.178. The number of aromatic carboxylic acids is 1. The van der Waals surface area contributed by atoms with Crippen molar-refractivity contribution in [3.63, 3.8) is 0 Å². The normalized spacial score (nSPS) is 9.76. The van der Waals surface area contributed by atoms with Crippen molar-refractivity contribution >= 4 is 11.9 Å². The Morgan fingerprint density at radius 2 is 2.06 bits per heavy atom. The van der Waals surface area contributed by atoms with Gasteiger partial charge in [0.15, 0.2) is 0 Å². The lowest BCUT2D eigenvalue weighted by molar-refractivity contribution is -0.130. The van der Waals surface area contributed by atoms with E-state index in [2.05, 4.69) is 6.58 Å². The standard InChI is InChI=1S/C13H14O4/c1-4-9-7-10(12(14)15)5-6-11(9)17-13(16)8(2)3/h5-7H,2,4H2,1,3H3,(H,14,15). The van der Waals surface area contributed by atoms with Gasteiger partial charge in [-0.25, -0.2) is 9.59 Å². The van der Waals surface area contributed by atoms with Gasteiger partial charge in [-0.2, -0.15) is 0 Å². The summed E-state index contributed by atoms with van der Waals surface area (Å²) in [7, 11) is 0. The van der Waals surface area contributed by atoms with Crippen molar-refractivity contribution in [2.45, 2.75) is 20.3 Å². The third kappa shape index (κ3) is 3.17. The first-order chi connectivity index (χ1) is 7.95. The average molecular weight is 234 g/mol. The number of rotatable bonds is 4. The number of carbonyl (C=O) groups excluding carboxylic acids is 1. The molecule has 4 heteroatoms. The van der Waals surface area contributed by atoms with Crippen molar-refractivity contribution in [1.82, 2.24) is 0 Å². The number of carboxylic acids is 1. The van der Waals surface area contributed by atoms with Gasteiger partial charge in [0.05, 0.1) is 5.56 Å². The number of esters is 1. The van der Waals surface area contributed by atoms with E-state index in [0.29, 0.717) is 23.3 Å². The van der Waals surface area contributed by atoms with Crippen LogP contribution in [0.2, 0.25) is 0 Å². The SMILES string of the molecule is C=C(C)C(=O)Oc1ccc(C(=O)O)cc1CC. The van der Waals surface area contributed by atoms with E-state index >= 15 is 0 Å². The van der Waals surface area contributed by atoms with Gasteiger partial charge in [0.1, 0.15) is 5.75 Å². The molecule has 1 aromatic rings. The van der Waals surface area contributed by atoms with Crippen molar-refractivity contribution in [3.8, 4) is 5.75 Å². The molecule has 1 rings (SSSR count). The first kappa shape index (κ1) is 13.0. The van der Waals surface area contributed by atoms with Gasteiger partial charge in [-0.1, -0.05) is 13.5 Å². The highest BCUT2D eigenvalue weighted by molar-refractivity contribution is 5.90. The molecule has 0 aliphatic carbocycles. The number of hydrogen-bond acceptors (Lipinski definition) is 3. The molecule has 0 radical (unpaired) electrons. The molecule has 0 aromatic heterocycles. The highest BCUT2D eigenvalue weighted by Gasteiger charge is 2.11. The van der Waals surface area contributed by atoms with Crippen molar-refractivity contribution in [2.24, 2.45) is 0 Å². The Bertz CT molecular complexity index is 474. The zero-order chi connectivity index (χ0) is 13.0. The molecule has 0 aliphatic rings. The molecule has 0 saturated heterocycles. The summed E-state index contributed by atoms with van der Waals surface area (Å²) in [6, 6.07) is 4.40. The largest absolute Gasteiger partial charge is 0.478 e. The summed E-state index contributed by atoms with van der Waals surface area (Å²) in [6.45, 7) is 6.90. The van der Waals surface area contributed by atoms with Gasteiger partial charge >= 0.3 is 11.9 Å². The van der Waals surface area contributed by atoms with E-state index in [-0.39, 0.29) is 5.56 Å². The van der Waals surface area contributed by atoms with Crippen molar-refractivity contribution < 1.29 is 19.4 Å². The first-order valence-electron chi connectivity index (χ1n) is 5.19. The molecular formula is C13H14O4. The Balaban J connectivity index is 3.05. The molecule has 0 bridgehead atoms. The summed E-state index contributed by atoms with van der Waals surface area (Å²) < 4.78 is 5.10. The summed E-state index contributed by atoms with van der Waals surface area (Å²) in [6.07, 6.45) is 0.583. The highest BCUT2D eigenvalue weighted by Crippen LogP contribution is 2.21. The first-order valence-corrected chi connectivity index (χ1v) is 5.19. The third-order valence-electron chi connectivity index (χ3n) is 2.24. The van der Waals surface area contributed by atoms with Gasteiger partial charge in [-0.05, 0) is 37.1 Å². The zero-order valence-electron chi connectivity index (χ0n) is 9.82. The van der Waals surface area contributed by atoms with Crippen LogP contribution < -0.4 is 4.74 Å². The molecule has 0 atom stereocenters. The number of aryl methyl sites for hydroxylation is 1. The van der Waals surface area contributed by atoms with Gasteiger partial charge in [0.25, 0.3) is 0 Å². The Kier molecular flexibility index (Phi) is 4.04. The second-order valence-electron chi connectivity index (χ2n) is 3.65. The fourth-order valence-corrected chi connectivity index (χ4v) is 1.28. The monoisotopic (exact) mass is 234 g/mol. The lowest BCUT2D eigenvalue weighted by Crippen LogP contribution is -2.10. The zero-order valence-corrected chi connectivity index (χ0v) is 9.82. The molecule has 0 fully saturated rings. The minimum Gasteiger partial charge on any atom is -0.478 e. The van der Waals surface area contributed by atoms with Crippen LogP contribution >= 0.6 is 0 Å². The van der Waals surface area contributed by atoms with Gasteiger partial charge in [0.2, 0.25) is 0 Å². The fraction of sp³-hybridized carbons (Fsp3) is 0.231. The summed E-state index contributed by atoms with van der Waals surface area (Å²) in [5, 5.41) is 8.84. The lowest BCUT2D eigenvalue weighted by Gasteiger charge is -2.09. The van der Waals surface area contributed by atoms with E-state index in [4.69, 9.17) is 9.84 Å². The molecule has 1 N–H and O–H groups in total. The summed E-state index contributed by atoms with van der Waals surface area (Å²) in [4.78, 5) is 22.2. The second-order valence-corrected chi connectivity index (χ2v) is 3.65. The fourth-order valence-electron chi connectivity index (χ4n) is 1.28. The predicted octanol–water partition coefficient (Wildman–Crippen LogP) is 2.43. The van der Waals surface area contributed by atoms with Crippen molar-refractivity contribution in [2.75, 3.05) is 0 Å². The molecule has 0 aliphatic heterocycles. The molecule has 0 amide bonds. The topological polar surface area (TPSA) is 63.6 Å². The maximum Gasteiger partial charge on any atom is 0.338 e. The van der Waals surface area contributed by atoms with E-state index in [0.717, 1.165) is 0 Å². The molecule has 4 nitrogen and oxygen atoms in total. The van der Waals surface area contributed by atoms with Crippen LogP contribution in [0.3, 0.4) is 0 Å². The molecule has 1 aromatic carbocycles. The van der Waals surface area contributed by atoms with Gasteiger partial charge in [-0.15, -0.1) is 0 Å². The smallest absolute Gasteiger partial charge is 0.338 e. The number of benzene rings is 1. The molecule has 0 unspecified atom stereocenters. The molecule has 17 heavy (non-hydrogen) atoms. The third-order valence-corrected chi connectivity index (χ3v) is 2.24. The Morgan fingerprint density at radius 1 is 1.41 bits per heavy atom. The van der Waals surface area contributed by atoms with Gasteiger partial charge in [0, 0.05) is 5.57 Å². The number of ether oxygens (including phenoxy) is 1. The lowest BCUT2D eigenvalue weighted by atomic mass is 10.1. The van der Waals surface area contributed by atoms with E-state index < -0.39 is 11.9 Å². The molecular weight excluding hydrogens is 220 g/mol. The van der Waals surface area contributed by atoms with E-state index in [1.54, 1.807) is 6.92 Å². The van der Waals surface area contributed by atoms with Crippen LogP contribution in [0.25, 0.3) is 0 Å². The Hall–Kier alpha value is -2.10. The van der Waals surface area contributed by atoms with Crippen LogP contribution in [0, 0.1) is 0 Å². The Morgan fingerprint density at radius 3 is 2.53 bits per heavy atom. The number of carbonyl (C=O) groups is 2. The van der Waals surface area contributed by atoms with Crippen molar-refractivity contribution in [3.05, 3.63) is 41.5 Å². The number of carboxylic acid groups (broad SMARTS) is 1. The van der Waals surface area contributed by atoms with Crippen LogP contribution in [0.15, 0.2) is 30.4 Å². The summed E-state index contributed by atoms with van der Waals surface area (Å²) in [5.41, 5.74) is 1.16. The van der Waals surface area contributed by atoms with Crippen LogP contribution in [-0.4, -0.2) is 17.0 Å². The molecule has 0 saturated carbocycles. The quantitative estimate of drug-likeness (QED) is 0.493. The molecule has 0 spiro atoms. The van der Waals surface area contributed by atoms with Gasteiger partial charge in [-0.3, -0.25) is 0 Å². The maximum atomic E-state index is 11.4. The van der Waals surface area contributed by atoms with E-state index in [1.807, 2.05) is 6.92 Å². The van der Waals surface area contributed by atoms with E-state index in [1.165, 1.54) is 18.2 Å². The van der Waals surface area contributed by atoms with Crippen LogP contribution in [0.5, 0.6) is 5.75 Å². The average Bonchev–Trinajstić information content (AvgIpc) is 2.28. The highest BCUT2D eigenvalue weighted by atomic mass is 16.5. The summed E-state index contributed by atoms with van der Waals surface area (Å²) in [5.74, 6) is -1.13. The second kappa shape index (κ2) is 5.30. The minimum atomic E-state index is -1.00. The van der Waals surface area contributed by atoms with Gasteiger partial charge < -0.3 is 9.84 Å². The molecule has 90 valence electrons. The maximum absolute atomic E-state index is 11.4. The van der Waals surface area contributed by atoms with Crippen molar-refractivity contribution in [1.29, 1.82) is 0 Å². The summed E-state index contributed by atoms with van der Waals surface area (Å²) >= 11 is 0. The predicted molar refractivity (Wildman–Crippen MR) is 63.2 cm³/mol. The Labute approximate surface area is 99.5 Å². The van der Waals surface area contributed by atoms with E-state index in [9.17, 15) is 9.59 Å². The van der Waals surface area contributed by atoms with Crippen LogP contribution in [-0.2, 0) is 11.2 Å². The van der Waals surface area contributed by atoms with Crippen LogP contribution in [0.1, 0.15) is 29.8 Å². The molecule has 0 heterocycles. The number of hydrogen-bond donors (Lipinski definition) is 1.